The van der Waals surface area contributed by atoms with E-state index in [2.05, 4.69) is 41.6 Å². The van der Waals surface area contributed by atoms with Gasteiger partial charge in [0, 0.05) is 6.54 Å². The van der Waals surface area contributed by atoms with Gasteiger partial charge in [-0.25, -0.2) is 0 Å². The van der Waals surface area contributed by atoms with Crippen molar-refractivity contribution in [2.24, 2.45) is 0 Å². The lowest BCUT2D eigenvalue weighted by Gasteiger charge is -2.14. The van der Waals surface area contributed by atoms with E-state index in [1.807, 2.05) is 32.1 Å². The Morgan fingerprint density at radius 2 is 1.57 bits per heavy atom. The van der Waals surface area contributed by atoms with Crippen LogP contribution in [0, 0.1) is 0 Å². The lowest BCUT2D eigenvalue weighted by Crippen LogP contribution is -2.08. The van der Waals surface area contributed by atoms with Crippen LogP contribution in [0.15, 0.2) is 54.9 Å². The third-order valence-corrected chi connectivity index (χ3v) is 1.89. The number of hydrogen-bond donors (Lipinski definition) is 0. The highest BCUT2D eigenvalue weighted by atomic mass is 15.1. The molecule has 0 aliphatic heterocycles. The monoisotopic (exact) mass is 187 g/mol. The average molecular weight is 187 g/mol. The molecule has 0 radical (unpaired) electrons. The van der Waals surface area contributed by atoms with Gasteiger partial charge in [0.1, 0.15) is 0 Å². The summed E-state index contributed by atoms with van der Waals surface area (Å²) in [5.41, 5.74) is 1.32. The summed E-state index contributed by atoms with van der Waals surface area (Å²) in [5, 5.41) is 0. The molecule has 0 aliphatic rings. The van der Waals surface area contributed by atoms with E-state index in [4.69, 9.17) is 0 Å². The first-order valence-electron chi connectivity index (χ1n) is 4.92. The van der Waals surface area contributed by atoms with Crippen LogP contribution in [-0.2, 0) is 6.54 Å². The van der Waals surface area contributed by atoms with Crippen LogP contribution in [0.2, 0.25) is 0 Å². The second-order valence-electron chi connectivity index (χ2n) is 3.12. The van der Waals surface area contributed by atoms with Crippen molar-refractivity contribution in [1.29, 1.82) is 0 Å². The van der Waals surface area contributed by atoms with Gasteiger partial charge in [-0.2, -0.15) is 0 Å². The minimum absolute atomic E-state index is 0.926. The normalized spacial score (nSPS) is 11.3. The summed E-state index contributed by atoms with van der Waals surface area (Å²) in [6.07, 6.45) is 8.24. The third kappa shape index (κ3) is 3.48. The summed E-state index contributed by atoms with van der Waals surface area (Å²) >= 11 is 0. The molecule has 0 heterocycles. The fraction of sp³-hybridized carbons (Fsp3) is 0.231. The van der Waals surface area contributed by atoms with E-state index < -0.39 is 0 Å². The predicted octanol–water partition coefficient (Wildman–Crippen LogP) is 3.56. The Hall–Kier alpha value is -1.50. The molecular formula is C13H17N. The van der Waals surface area contributed by atoms with Crippen molar-refractivity contribution in [2.75, 3.05) is 0 Å². The molecule has 0 fully saturated rings. The van der Waals surface area contributed by atoms with E-state index in [1.165, 1.54) is 5.56 Å². The minimum Gasteiger partial charge on any atom is -0.351 e. The maximum atomic E-state index is 2.16. The van der Waals surface area contributed by atoms with Crippen molar-refractivity contribution in [2.45, 2.75) is 20.4 Å². The molecule has 0 aromatic heterocycles. The predicted molar refractivity (Wildman–Crippen MR) is 61.6 cm³/mol. The lowest BCUT2D eigenvalue weighted by molar-refractivity contribution is 0.500. The lowest BCUT2D eigenvalue weighted by atomic mass is 10.2. The SMILES string of the molecule is C/C=C/N(/C=C/C)Cc1ccccc1. The Morgan fingerprint density at radius 1 is 1.00 bits per heavy atom. The van der Waals surface area contributed by atoms with Gasteiger partial charge in [-0.15, -0.1) is 0 Å². The van der Waals surface area contributed by atoms with Gasteiger partial charge in [0.25, 0.3) is 0 Å². The molecule has 0 atom stereocenters. The summed E-state index contributed by atoms with van der Waals surface area (Å²) in [5.74, 6) is 0. The van der Waals surface area contributed by atoms with Crippen molar-refractivity contribution < 1.29 is 0 Å². The zero-order valence-corrected chi connectivity index (χ0v) is 8.85. The summed E-state index contributed by atoms with van der Waals surface area (Å²) in [7, 11) is 0. The van der Waals surface area contributed by atoms with Crippen molar-refractivity contribution in [3.05, 3.63) is 60.4 Å². The number of nitrogens with zero attached hydrogens (tertiary/aromatic N) is 1. The number of benzene rings is 1. The third-order valence-electron chi connectivity index (χ3n) is 1.89. The molecule has 1 aromatic carbocycles. The van der Waals surface area contributed by atoms with E-state index in [0.29, 0.717) is 0 Å². The molecule has 0 unspecified atom stereocenters. The van der Waals surface area contributed by atoms with Gasteiger partial charge in [-0.05, 0) is 31.8 Å². The van der Waals surface area contributed by atoms with Crippen molar-refractivity contribution in [3.63, 3.8) is 0 Å². The fourth-order valence-corrected chi connectivity index (χ4v) is 1.33. The molecule has 0 amide bonds. The standard InChI is InChI=1S/C13H17N/c1-3-10-14(11-4-2)12-13-8-6-5-7-9-13/h3-11H,12H2,1-2H3/b10-3+,11-4+. The second-order valence-corrected chi connectivity index (χ2v) is 3.12. The van der Waals surface area contributed by atoms with Gasteiger partial charge in [0.2, 0.25) is 0 Å². The minimum atomic E-state index is 0.926. The highest BCUT2D eigenvalue weighted by Gasteiger charge is 1.94. The fourth-order valence-electron chi connectivity index (χ4n) is 1.33. The van der Waals surface area contributed by atoms with Crippen LogP contribution in [0.1, 0.15) is 19.4 Å². The van der Waals surface area contributed by atoms with Crippen LogP contribution < -0.4 is 0 Å². The van der Waals surface area contributed by atoms with Crippen LogP contribution in [0.3, 0.4) is 0 Å². The summed E-state index contributed by atoms with van der Waals surface area (Å²) in [4.78, 5) is 2.16. The quantitative estimate of drug-likeness (QED) is 0.696. The van der Waals surface area contributed by atoms with Crippen LogP contribution in [-0.4, -0.2) is 4.90 Å². The zero-order valence-electron chi connectivity index (χ0n) is 8.85. The van der Waals surface area contributed by atoms with Gasteiger partial charge in [0.15, 0.2) is 0 Å². The van der Waals surface area contributed by atoms with Crippen LogP contribution >= 0.6 is 0 Å². The topological polar surface area (TPSA) is 3.24 Å². The first kappa shape index (κ1) is 10.6. The maximum Gasteiger partial charge on any atom is 0.0469 e. The van der Waals surface area contributed by atoms with E-state index in [0.717, 1.165) is 6.54 Å². The molecule has 0 spiro atoms. The van der Waals surface area contributed by atoms with E-state index in [-0.39, 0.29) is 0 Å². The molecule has 0 bridgehead atoms. The summed E-state index contributed by atoms with van der Waals surface area (Å²) in [6, 6.07) is 10.5. The van der Waals surface area contributed by atoms with Crippen molar-refractivity contribution in [1.82, 2.24) is 4.90 Å². The Labute approximate surface area is 86.4 Å². The molecule has 1 nitrogen and oxygen atoms in total. The van der Waals surface area contributed by atoms with E-state index >= 15 is 0 Å². The Balaban J connectivity index is 2.64. The molecule has 1 rings (SSSR count). The van der Waals surface area contributed by atoms with Gasteiger partial charge in [0.05, 0.1) is 0 Å². The Morgan fingerprint density at radius 3 is 2.07 bits per heavy atom. The average Bonchev–Trinajstić information content (AvgIpc) is 2.20. The van der Waals surface area contributed by atoms with Gasteiger partial charge in [-0.3, -0.25) is 0 Å². The molecule has 0 saturated heterocycles. The first-order chi connectivity index (χ1) is 6.86. The number of allylic oxidation sites excluding steroid dienone is 2. The number of hydrogen-bond acceptors (Lipinski definition) is 1. The molecule has 0 saturated carbocycles. The largest absolute Gasteiger partial charge is 0.351 e. The molecule has 74 valence electrons. The van der Waals surface area contributed by atoms with Crippen LogP contribution in [0.4, 0.5) is 0 Å². The van der Waals surface area contributed by atoms with Crippen LogP contribution in [0.25, 0.3) is 0 Å². The van der Waals surface area contributed by atoms with Gasteiger partial charge in [-0.1, -0.05) is 42.5 Å². The maximum absolute atomic E-state index is 2.16. The highest BCUT2D eigenvalue weighted by molar-refractivity contribution is 5.15. The summed E-state index contributed by atoms with van der Waals surface area (Å²) < 4.78 is 0. The summed E-state index contributed by atoms with van der Waals surface area (Å²) in [6.45, 7) is 4.98. The first-order valence-corrected chi connectivity index (χ1v) is 4.92. The van der Waals surface area contributed by atoms with E-state index in [1.54, 1.807) is 0 Å². The highest BCUT2D eigenvalue weighted by Crippen LogP contribution is 2.05. The Kier molecular flexibility index (Phi) is 4.56. The van der Waals surface area contributed by atoms with E-state index in [9.17, 15) is 0 Å². The molecule has 1 heteroatoms. The number of rotatable bonds is 4. The molecule has 14 heavy (non-hydrogen) atoms. The van der Waals surface area contributed by atoms with Crippen molar-refractivity contribution >= 4 is 0 Å². The van der Waals surface area contributed by atoms with Crippen molar-refractivity contribution in [3.8, 4) is 0 Å². The zero-order chi connectivity index (χ0) is 10.2. The molecule has 0 N–H and O–H groups in total. The smallest absolute Gasteiger partial charge is 0.0469 e. The van der Waals surface area contributed by atoms with Gasteiger partial charge >= 0.3 is 0 Å². The molecular weight excluding hydrogens is 170 g/mol. The molecule has 1 aromatic rings. The van der Waals surface area contributed by atoms with Gasteiger partial charge < -0.3 is 4.90 Å². The Bertz CT molecular complexity index is 286. The molecule has 0 aliphatic carbocycles. The second kappa shape index (κ2) is 6.03. The van der Waals surface area contributed by atoms with Crippen LogP contribution in [0.5, 0.6) is 0 Å².